The van der Waals surface area contributed by atoms with E-state index in [0.717, 1.165) is 36.8 Å². The summed E-state index contributed by atoms with van der Waals surface area (Å²) in [6.07, 6.45) is 3.62. The molecule has 1 fully saturated rings. The number of carbonyl (C=O) groups is 2. The molecule has 0 radical (unpaired) electrons. The van der Waals surface area contributed by atoms with Crippen molar-refractivity contribution in [2.24, 2.45) is 5.92 Å². The highest BCUT2D eigenvalue weighted by atomic mass is 16.5. The van der Waals surface area contributed by atoms with Crippen LogP contribution >= 0.6 is 0 Å². The van der Waals surface area contributed by atoms with Crippen LogP contribution in [0.25, 0.3) is 0 Å². The lowest BCUT2D eigenvalue weighted by molar-refractivity contribution is -0.147. The molecule has 4 heteroatoms. The van der Waals surface area contributed by atoms with Crippen LogP contribution in [0.5, 0.6) is 0 Å². The van der Waals surface area contributed by atoms with Gasteiger partial charge >= 0.3 is 5.97 Å². The predicted octanol–water partition coefficient (Wildman–Crippen LogP) is 2.03. The Morgan fingerprint density at radius 2 is 2.05 bits per heavy atom. The number of methoxy groups -OCH3 is 1. The Hall–Kier alpha value is -1.84. The minimum atomic E-state index is -0.200. The van der Waals surface area contributed by atoms with E-state index in [0.29, 0.717) is 6.54 Å². The molecule has 2 aliphatic heterocycles. The summed E-state index contributed by atoms with van der Waals surface area (Å²) in [5, 5.41) is 0. The molecular weight excluding hydrogens is 254 g/mol. The summed E-state index contributed by atoms with van der Waals surface area (Å²) < 4.78 is 4.83. The van der Waals surface area contributed by atoms with Gasteiger partial charge in [0.25, 0.3) is 5.91 Å². The zero-order valence-corrected chi connectivity index (χ0v) is 11.7. The Kier molecular flexibility index (Phi) is 3.47. The van der Waals surface area contributed by atoms with Crippen LogP contribution in [0.4, 0.5) is 0 Å². The first kappa shape index (κ1) is 13.2. The van der Waals surface area contributed by atoms with Gasteiger partial charge in [0.15, 0.2) is 0 Å². The van der Waals surface area contributed by atoms with E-state index >= 15 is 0 Å². The maximum Gasteiger partial charge on any atom is 0.310 e. The molecule has 1 aromatic carbocycles. The molecule has 20 heavy (non-hydrogen) atoms. The summed E-state index contributed by atoms with van der Waals surface area (Å²) >= 11 is 0. The number of amides is 1. The largest absolute Gasteiger partial charge is 0.469 e. The molecule has 0 aromatic heterocycles. The van der Waals surface area contributed by atoms with Crippen LogP contribution in [0.15, 0.2) is 24.3 Å². The first-order valence-corrected chi connectivity index (χ1v) is 7.17. The van der Waals surface area contributed by atoms with Crippen LogP contribution < -0.4 is 0 Å². The fraction of sp³-hybridized carbons (Fsp3) is 0.500. The van der Waals surface area contributed by atoms with Crippen LogP contribution in [0, 0.1) is 5.92 Å². The molecule has 2 atom stereocenters. The Morgan fingerprint density at radius 1 is 1.25 bits per heavy atom. The number of esters is 1. The summed E-state index contributed by atoms with van der Waals surface area (Å²) in [4.78, 5) is 26.3. The summed E-state index contributed by atoms with van der Waals surface area (Å²) in [6, 6.07) is 8.06. The third kappa shape index (κ3) is 2.19. The first-order chi connectivity index (χ1) is 9.70. The third-order valence-electron chi connectivity index (χ3n) is 4.50. The molecule has 0 unspecified atom stereocenters. The first-order valence-electron chi connectivity index (χ1n) is 7.17. The van der Waals surface area contributed by atoms with Gasteiger partial charge in [-0.05, 0) is 37.3 Å². The number of nitrogens with zero attached hydrogens (tertiary/aromatic N) is 1. The van der Waals surface area contributed by atoms with E-state index in [1.165, 1.54) is 7.11 Å². The number of benzene rings is 1. The Morgan fingerprint density at radius 3 is 2.85 bits per heavy atom. The second-order valence-corrected chi connectivity index (χ2v) is 5.60. The number of carbonyl (C=O) groups excluding carboxylic acids is 2. The minimum absolute atomic E-state index is 0.0664. The van der Waals surface area contributed by atoms with Gasteiger partial charge in [0.2, 0.25) is 0 Å². The molecular formula is C16H19NO3. The lowest BCUT2D eigenvalue weighted by Crippen LogP contribution is -2.48. The Bertz CT molecular complexity index is 540. The second kappa shape index (κ2) is 5.27. The molecule has 1 aromatic rings. The van der Waals surface area contributed by atoms with Crippen molar-refractivity contribution in [3.63, 3.8) is 0 Å². The number of hydrogen-bond donors (Lipinski definition) is 0. The summed E-state index contributed by atoms with van der Waals surface area (Å²) in [5.41, 5.74) is 1.92. The molecule has 0 aliphatic carbocycles. The number of fused-ring (bicyclic) bond motifs is 2. The van der Waals surface area contributed by atoms with E-state index in [2.05, 4.69) is 0 Å². The van der Waals surface area contributed by atoms with Gasteiger partial charge in [0, 0.05) is 18.2 Å². The SMILES string of the molecule is COC(=O)[C@H]1CC[C@H]2CCc3ccccc3C(=O)N2C1. The molecule has 0 spiro atoms. The maximum atomic E-state index is 12.7. The number of ether oxygens (including phenoxy) is 1. The maximum absolute atomic E-state index is 12.7. The standard InChI is InChI=1S/C16H19NO3/c1-20-16(19)12-7-9-13-8-6-11-4-2-3-5-14(11)15(18)17(13)10-12/h2-5,12-13H,6-10H2,1H3/t12-,13+/m0/s1. The van der Waals surface area contributed by atoms with Gasteiger partial charge in [0.1, 0.15) is 0 Å². The predicted molar refractivity (Wildman–Crippen MR) is 74.3 cm³/mol. The van der Waals surface area contributed by atoms with Crippen LogP contribution in [0.1, 0.15) is 35.2 Å². The topological polar surface area (TPSA) is 46.6 Å². The normalized spacial score (nSPS) is 25.4. The molecule has 106 valence electrons. The third-order valence-corrected chi connectivity index (χ3v) is 4.50. The van der Waals surface area contributed by atoms with E-state index in [1.54, 1.807) is 0 Å². The molecule has 3 rings (SSSR count). The van der Waals surface area contributed by atoms with Crippen molar-refractivity contribution in [2.45, 2.75) is 31.7 Å². The average molecular weight is 273 g/mol. The molecule has 0 saturated carbocycles. The van der Waals surface area contributed by atoms with Crippen molar-refractivity contribution < 1.29 is 14.3 Å². The summed E-state index contributed by atoms with van der Waals surface area (Å²) in [6.45, 7) is 0.491. The Balaban J connectivity index is 1.88. The molecule has 1 amide bonds. The van der Waals surface area contributed by atoms with Gasteiger partial charge in [0.05, 0.1) is 13.0 Å². The summed E-state index contributed by atoms with van der Waals surface area (Å²) in [5.74, 6) is -0.309. The van der Waals surface area contributed by atoms with Crippen molar-refractivity contribution in [3.05, 3.63) is 35.4 Å². The molecule has 0 bridgehead atoms. The average Bonchev–Trinajstić information content (AvgIpc) is 2.64. The zero-order valence-electron chi connectivity index (χ0n) is 11.7. The molecule has 2 heterocycles. The van der Waals surface area contributed by atoms with E-state index in [1.807, 2.05) is 29.2 Å². The van der Waals surface area contributed by atoms with Gasteiger partial charge in [-0.15, -0.1) is 0 Å². The highest BCUT2D eigenvalue weighted by Gasteiger charge is 2.37. The number of rotatable bonds is 1. The fourth-order valence-corrected chi connectivity index (χ4v) is 3.36. The van der Waals surface area contributed by atoms with E-state index in [4.69, 9.17) is 4.74 Å². The molecule has 1 saturated heterocycles. The second-order valence-electron chi connectivity index (χ2n) is 5.60. The molecule has 0 N–H and O–H groups in total. The summed E-state index contributed by atoms with van der Waals surface area (Å²) in [7, 11) is 1.41. The van der Waals surface area contributed by atoms with Crippen LogP contribution in [0.2, 0.25) is 0 Å². The lowest BCUT2D eigenvalue weighted by Gasteiger charge is -2.37. The van der Waals surface area contributed by atoms with Gasteiger partial charge in [-0.1, -0.05) is 18.2 Å². The van der Waals surface area contributed by atoms with Gasteiger partial charge in [-0.3, -0.25) is 9.59 Å². The highest BCUT2D eigenvalue weighted by Crippen LogP contribution is 2.31. The fourth-order valence-electron chi connectivity index (χ4n) is 3.36. The quantitative estimate of drug-likeness (QED) is 0.735. The number of hydrogen-bond acceptors (Lipinski definition) is 3. The number of aryl methyl sites for hydroxylation is 1. The number of piperidine rings is 1. The van der Waals surface area contributed by atoms with E-state index in [9.17, 15) is 9.59 Å². The highest BCUT2D eigenvalue weighted by molar-refractivity contribution is 5.96. The molecule has 2 aliphatic rings. The van der Waals surface area contributed by atoms with Crippen LogP contribution in [0.3, 0.4) is 0 Å². The Labute approximate surface area is 118 Å². The van der Waals surface area contributed by atoms with Crippen molar-refractivity contribution in [2.75, 3.05) is 13.7 Å². The van der Waals surface area contributed by atoms with E-state index in [-0.39, 0.29) is 23.8 Å². The zero-order chi connectivity index (χ0) is 14.1. The van der Waals surface area contributed by atoms with Crippen LogP contribution in [-0.4, -0.2) is 36.5 Å². The van der Waals surface area contributed by atoms with Crippen molar-refractivity contribution >= 4 is 11.9 Å². The van der Waals surface area contributed by atoms with Crippen molar-refractivity contribution in [1.82, 2.24) is 4.90 Å². The van der Waals surface area contributed by atoms with Crippen LogP contribution in [-0.2, 0) is 16.0 Å². The smallest absolute Gasteiger partial charge is 0.310 e. The minimum Gasteiger partial charge on any atom is -0.469 e. The van der Waals surface area contributed by atoms with Crippen molar-refractivity contribution in [3.8, 4) is 0 Å². The van der Waals surface area contributed by atoms with E-state index < -0.39 is 0 Å². The van der Waals surface area contributed by atoms with Crippen molar-refractivity contribution in [1.29, 1.82) is 0 Å². The van der Waals surface area contributed by atoms with Gasteiger partial charge < -0.3 is 9.64 Å². The van der Waals surface area contributed by atoms with Gasteiger partial charge in [-0.2, -0.15) is 0 Å². The molecule has 4 nitrogen and oxygen atoms in total. The monoisotopic (exact) mass is 273 g/mol. The van der Waals surface area contributed by atoms with Gasteiger partial charge in [-0.25, -0.2) is 0 Å². The lowest BCUT2D eigenvalue weighted by atomic mass is 9.91.